The van der Waals surface area contributed by atoms with Crippen molar-refractivity contribution in [3.63, 3.8) is 0 Å². The van der Waals surface area contributed by atoms with Crippen molar-refractivity contribution in [3.05, 3.63) is 96.3 Å². The molecule has 3 aromatic rings. The molecule has 0 radical (unpaired) electrons. The minimum atomic E-state index is -0.215. The Morgan fingerprint density at radius 2 is 1.47 bits per heavy atom. The predicted molar refractivity (Wildman–Crippen MR) is 123 cm³/mol. The van der Waals surface area contributed by atoms with Crippen LogP contribution < -0.4 is 0 Å². The van der Waals surface area contributed by atoms with Crippen molar-refractivity contribution in [3.8, 4) is 22.3 Å². The summed E-state index contributed by atoms with van der Waals surface area (Å²) in [5.74, 6) is 1.15. The number of methoxy groups -OCH3 is 1. The molecule has 1 saturated carbocycles. The molecule has 0 unspecified atom stereocenters. The van der Waals surface area contributed by atoms with Gasteiger partial charge in [0.25, 0.3) is 0 Å². The molecule has 2 heteroatoms. The molecule has 0 bridgehead atoms. The van der Waals surface area contributed by atoms with Crippen molar-refractivity contribution >= 4 is 0 Å². The highest BCUT2D eigenvalue weighted by molar-refractivity contribution is 5.71. The van der Waals surface area contributed by atoms with E-state index in [0.717, 1.165) is 16.7 Å². The number of hydrogen-bond donors (Lipinski definition) is 0. The summed E-state index contributed by atoms with van der Waals surface area (Å²) in [6, 6.07) is 22.4. The van der Waals surface area contributed by atoms with Crippen LogP contribution in [0.4, 0.5) is 4.39 Å². The van der Waals surface area contributed by atoms with Crippen LogP contribution in [0.15, 0.2) is 79.4 Å². The zero-order valence-corrected chi connectivity index (χ0v) is 17.6. The molecule has 3 aromatic carbocycles. The molecule has 0 saturated heterocycles. The second kappa shape index (κ2) is 9.40. The van der Waals surface area contributed by atoms with Gasteiger partial charge in [0.1, 0.15) is 5.82 Å². The molecule has 0 heterocycles. The largest absolute Gasteiger partial charge is 0.380 e. The monoisotopic (exact) mass is 400 g/mol. The van der Waals surface area contributed by atoms with E-state index in [4.69, 9.17) is 4.74 Å². The summed E-state index contributed by atoms with van der Waals surface area (Å²) in [7, 11) is 1.62. The summed E-state index contributed by atoms with van der Waals surface area (Å²) in [5, 5.41) is 0. The number of ether oxygens (including phenoxy) is 1. The molecule has 154 valence electrons. The topological polar surface area (TPSA) is 9.23 Å². The van der Waals surface area contributed by atoms with Gasteiger partial charge in [0.15, 0.2) is 0 Å². The fourth-order valence-electron chi connectivity index (χ4n) is 4.53. The molecule has 0 atom stereocenters. The Balaban J connectivity index is 1.47. The predicted octanol–water partition coefficient (Wildman–Crippen LogP) is 7.77. The highest BCUT2D eigenvalue weighted by Gasteiger charge is 2.20. The minimum Gasteiger partial charge on any atom is -0.380 e. The lowest BCUT2D eigenvalue weighted by Crippen LogP contribution is -2.11. The average Bonchev–Trinajstić information content (AvgIpc) is 2.80. The van der Waals surface area contributed by atoms with Crippen molar-refractivity contribution in [2.24, 2.45) is 5.92 Å². The third kappa shape index (κ3) is 4.55. The zero-order chi connectivity index (χ0) is 20.9. The third-order valence-electron chi connectivity index (χ3n) is 6.36. The first-order chi connectivity index (χ1) is 14.7. The summed E-state index contributed by atoms with van der Waals surface area (Å²) in [6.45, 7) is 4.36. The van der Waals surface area contributed by atoms with Crippen LogP contribution in [-0.2, 0) is 11.3 Å². The van der Waals surface area contributed by atoms with Crippen molar-refractivity contribution in [1.82, 2.24) is 0 Å². The normalized spacial score (nSPS) is 18.9. The summed E-state index contributed by atoms with van der Waals surface area (Å²) in [5.41, 5.74) is 6.13. The van der Waals surface area contributed by atoms with E-state index in [1.807, 2.05) is 24.3 Å². The lowest BCUT2D eigenvalue weighted by atomic mass is 9.78. The second-order valence-electron chi connectivity index (χ2n) is 8.29. The molecule has 1 aliphatic carbocycles. The first-order valence-electron chi connectivity index (χ1n) is 10.8. The SMILES string of the molecule is C=CC1CCC(c2ccc(-c3ccc(-c4ccc(COC)cc4F)cc3)cc2)CC1. The first-order valence-corrected chi connectivity index (χ1v) is 10.8. The van der Waals surface area contributed by atoms with Crippen molar-refractivity contribution < 1.29 is 9.13 Å². The number of hydrogen-bond acceptors (Lipinski definition) is 1. The van der Waals surface area contributed by atoms with Gasteiger partial charge in [-0.1, -0.05) is 66.7 Å². The number of benzene rings is 3. The van der Waals surface area contributed by atoms with Crippen LogP contribution in [0.3, 0.4) is 0 Å². The third-order valence-corrected chi connectivity index (χ3v) is 6.36. The van der Waals surface area contributed by atoms with E-state index in [9.17, 15) is 4.39 Å². The number of rotatable bonds is 6. The van der Waals surface area contributed by atoms with E-state index in [2.05, 4.69) is 49.1 Å². The number of halogens is 1. The molecule has 0 aromatic heterocycles. The fourth-order valence-corrected chi connectivity index (χ4v) is 4.53. The molecule has 1 fully saturated rings. The highest BCUT2D eigenvalue weighted by Crippen LogP contribution is 2.37. The summed E-state index contributed by atoms with van der Waals surface area (Å²) >= 11 is 0. The van der Waals surface area contributed by atoms with Crippen molar-refractivity contribution in [2.45, 2.75) is 38.2 Å². The van der Waals surface area contributed by atoms with E-state index >= 15 is 0 Å². The second-order valence-corrected chi connectivity index (χ2v) is 8.29. The molecule has 0 aliphatic heterocycles. The van der Waals surface area contributed by atoms with Crippen molar-refractivity contribution in [2.75, 3.05) is 7.11 Å². The molecule has 1 aliphatic rings. The first kappa shape index (κ1) is 20.6. The summed E-state index contributed by atoms with van der Waals surface area (Å²) in [4.78, 5) is 0. The molecule has 4 rings (SSSR count). The molecule has 30 heavy (non-hydrogen) atoms. The van der Waals surface area contributed by atoms with E-state index in [-0.39, 0.29) is 5.82 Å². The molecule has 1 nitrogen and oxygen atoms in total. The zero-order valence-electron chi connectivity index (χ0n) is 17.6. The maximum Gasteiger partial charge on any atom is 0.131 e. The van der Waals surface area contributed by atoms with E-state index in [0.29, 0.717) is 24.0 Å². The summed E-state index contributed by atoms with van der Waals surface area (Å²) < 4.78 is 19.6. The Morgan fingerprint density at radius 1 is 0.867 bits per heavy atom. The van der Waals surface area contributed by atoms with Crippen LogP contribution in [0.25, 0.3) is 22.3 Å². The van der Waals surface area contributed by atoms with Crippen molar-refractivity contribution in [1.29, 1.82) is 0 Å². The minimum absolute atomic E-state index is 0.215. The van der Waals surface area contributed by atoms with Crippen LogP contribution in [0.5, 0.6) is 0 Å². The molecule has 0 N–H and O–H groups in total. The van der Waals surface area contributed by atoms with Crippen LogP contribution >= 0.6 is 0 Å². The quantitative estimate of drug-likeness (QED) is 0.384. The molecular weight excluding hydrogens is 371 g/mol. The maximum atomic E-state index is 14.5. The molecule has 0 amide bonds. The highest BCUT2D eigenvalue weighted by atomic mass is 19.1. The lowest BCUT2D eigenvalue weighted by molar-refractivity contribution is 0.184. The van der Waals surface area contributed by atoms with Gasteiger partial charge < -0.3 is 4.74 Å². The van der Waals surface area contributed by atoms with Crippen LogP contribution in [0.1, 0.15) is 42.7 Å². The van der Waals surface area contributed by atoms with Gasteiger partial charge in [0.2, 0.25) is 0 Å². The molecular formula is C28H29FO. The summed E-state index contributed by atoms with van der Waals surface area (Å²) in [6.07, 6.45) is 7.11. The van der Waals surface area contributed by atoms with Crippen LogP contribution in [0, 0.1) is 11.7 Å². The van der Waals surface area contributed by atoms with Crippen LogP contribution in [-0.4, -0.2) is 7.11 Å². The number of allylic oxidation sites excluding steroid dienone is 1. The van der Waals surface area contributed by atoms with Gasteiger partial charge >= 0.3 is 0 Å². The smallest absolute Gasteiger partial charge is 0.131 e. The Kier molecular flexibility index (Phi) is 6.44. The van der Waals surface area contributed by atoms with Gasteiger partial charge in [0.05, 0.1) is 6.61 Å². The Morgan fingerprint density at radius 3 is 2.03 bits per heavy atom. The average molecular weight is 401 g/mol. The Hall–Kier alpha value is -2.71. The standard InChI is InChI=1S/C28H29FO/c1-3-20-4-7-22(8-5-20)23-9-11-24(12-10-23)25-13-15-26(16-14-25)27-17-6-21(19-30-2)18-28(27)29/h3,6,9-18,20,22H,1,4-5,7-8,19H2,2H3. The maximum absolute atomic E-state index is 14.5. The van der Waals surface area contributed by atoms with Gasteiger partial charge in [-0.3, -0.25) is 0 Å². The Bertz CT molecular complexity index is 980. The van der Waals surface area contributed by atoms with Gasteiger partial charge in [-0.25, -0.2) is 4.39 Å². The van der Waals surface area contributed by atoms with Gasteiger partial charge in [-0.2, -0.15) is 0 Å². The van der Waals surface area contributed by atoms with E-state index in [1.165, 1.54) is 36.8 Å². The van der Waals surface area contributed by atoms with E-state index < -0.39 is 0 Å². The lowest BCUT2D eigenvalue weighted by Gasteiger charge is -2.27. The van der Waals surface area contributed by atoms with Gasteiger partial charge in [-0.05, 0) is 71.4 Å². The fraction of sp³-hybridized carbons (Fsp3) is 0.286. The van der Waals surface area contributed by atoms with Gasteiger partial charge in [0, 0.05) is 12.7 Å². The Labute approximate surface area is 179 Å². The van der Waals surface area contributed by atoms with Gasteiger partial charge in [-0.15, -0.1) is 6.58 Å². The van der Waals surface area contributed by atoms with E-state index in [1.54, 1.807) is 13.2 Å². The van der Waals surface area contributed by atoms with Crippen LogP contribution in [0.2, 0.25) is 0 Å². The molecule has 0 spiro atoms.